The summed E-state index contributed by atoms with van der Waals surface area (Å²) in [5, 5.41) is 0. The molecule has 1 fully saturated rings. The van der Waals surface area contributed by atoms with Gasteiger partial charge in [-0.05, 0) is 36.8 Å². The van der Waals surface area contributed by atoms with Crippen molar-refractivity contribution < 1.29 is 19.1 Å². The van der Waals surface area contributed by atoms with Gasteiger partial charge in [0.1, 0.15) is 11.2 Å². The molecule has 6 rings (SSSR count). The van der Waals surface area contributed by atoms with Crippen LogP contribution in [0.3, 0.4) is 0 Å². The van der Waals surface area contributed by atoms with E-state index in [0.29, 0.717) is 29.0 Å². The summed E-state index contributed by atoms with van der Waals surface area (Å²) in [6, 6.07) is 19.1. The Morgan fingerprint density at radius 1 is 0.974 bits per heavy atom. The van der Waals surface area contributed by atoms with Crippen LogP contribution in [0.15, 0.2) is 77.3 Å². The standard InChI is InChI=1S/C33H30BrNO4/c1-5-39-25-13-9-8-12-23(25)27-28(31(38)32(2,3)4)35-24-16-15-20(34)18-19(24)14-17-26(35)33(27)29(36)21-10-6-7-11-22(21)30(33)37/h6-18,26-28H,5H2,1-4H3/t26-,27-,28+/m1/s1. The van der Waals surface area contributed by atoms with Crippen molar-refractivity contribution >= 4 is 45.0 Å². The van der Waals surface area contributed by atoms with E-state index in [0.717, 1.165) is 15.7 Å². The van der Waals surface area contributed by atoms with Crippen LogP contribution in [0.5, 0.6) is 5.75 Å². The minimum absolute atomic E-state index is 0.0265. The molecule has 1 saturated heterocycles. The number of rotatable bonds is 4. The maximum Gasteiger partial charge on any atom is 0.180 e. The van der Waals surface area contributed by atoms with Gasteiger partial charge in [0.05, 0.1) is 18.7 Å². The molecule has 3 aromatic rings. The van der Waals surface area contributed by atoms with E-state index in [9.17, 15) is 14.4 Å². The highest BCUT2D eigenvalue weighted by Crippen LogP contribution is 2.62. The van der Waals surface area contributed by atoms with Gasteiger partial charge in [0.25, 0.3) is 0 Å². The number of benzene rings is 3. The summed E-state index contributed by atoms with van der Waals surface area (Å²) in [4.78, 5) is 45.9. The minimum atomic E-state index is -1.52. The molecule has 0 saturated carbocycles. The largest absolute Gasteiger partial charge is 0.494 e. The zero-order chi connectivity index (χ0) is 27.7. The van der Waals surface area contributed by atoms with E-state index in [2.05, 4.69) is 15.9 Å². The van der Waals surface area contributed by atoms with E-state index in [-0.39, 0.29) is 17.3 Å². The maximum atomic E-state index is 14.7. The summed E-state index contributed by atoms with van der Waals surface area (Å²) in [6.07, 6.45) is 3.92. The third-order valence-electron chi connectivity index (χ3n) is 8.33. The van der Waals surface area contributed by atoms with Crippen LogP contribution in [0.25, 0.3) is 6.08 Å². The van der Waals surface area contributed by atoms with Gasteiger partial charge in [-0.25, -0.2) is 0 Å². The summed E-state index contributed by atoms with van der Waals surface area (Å²) in [7, 11) is 0. The molecule has 0 bridgehead atoms. The van der Waals surface area contributed by atoms with Gasteiger partial charge in [-0.1, -0.05) is 91.3 Å². The number of carbonyl (C=O) groups excluding carboxylic acids is 3. The van der Waals surface area contributed by atoms with E-state index >= 15 is 0 Å². The highest BCUT2D eigenvalue weighted by Gasteiger charge is 2.72. The van der Waals surface area contributed by atoms with Crippen LogP contribution >= 0.6 is 15.9 Å². The van der Waals surface area contributed by atoms with Gasteiger partial charge in [0.15, 0.2) is 17.3 Å². The van der Waals surface area contributed by atoms with Gasteiger partial charge < -0.3 is 9.64 Å². The highest BCUT2D eigenvalue weighted by atomic mass is 79.9. The molecular weight excluding hydrogens is 554 g/mol. The molecule has 1 aliphatic carbocycles. The lowest BCUT2D eigenvalue weighted by Crippen LogP contribution is -2.49. The Morgan fingerprint density at radius 3 is 2.26 bits per heavy atom. The Bertz CT molecular complexity index is 1530. The SMILES string of the molecule is CCOc1ccccc1[C@@H]1[C@@H](C(=O)C(C)(C)C)N2c3ccc(Br)cc3C=C[C@@H]2C12C(=O)c1ccccc1C2=O. The predicted octanol–water partition coefficient (Wildman–Crippen LogP) is 6.90. The fraction of sp³-hybridized carbons (Fsp3) is 0.303. The first-order valence-electron chi connectivity index (χ1n) is 13.3. The first-order valence-corrected chi connectivity index (χ1v) is 14.1. The van der Waals surface area contributed by atoms with E-state index < -0.39 is 28.8 Å². The Morgan fingerprint density at radius 2 is 1.62 bits per heavy atom. The molecule has 0 N–H and O–H groups in total. The van der Waals surface area contributed by atoms with E-state index in [1.165, 1.54) is 0 Å². The van der Waals surface area contributed by atoms with E-state index in [1.54, 1.807) is 24.3 Å². The summed E-state index contributed by atoms with van der Waals surface area (Å²) < 4.78 is 6.99. The van der Waals surface area contributed by atoms with E-state index in [1.807, 2.05) is 87.2 Å². The second kappa shape index (κ2) is 9.02. The van der Waals surface area contributed by atoms with Crippen molar-refractivity contribution in [1.82, 2.24) is 0 Å². The van der Waals surface area contributed by atoms with Crippen LogP contribution in [0, 0.1) is 10.8 Å². The molecule has 5 nitrogen and oxygen atoms in total. The van der Waals surface area contributed by atoms with Crippen LogP contribution in [0.2, 0.25) is 0 Å². The topological polar surface area (TPSA) is 63.7 Å². The summed E-state index contributed by atoms with van der Waals surface area (Å²) in [5.41, 5.74) is 1.05. The van der Waals surface area contributed by atoms with Gasteiger partial charge in [0.2, 0.25) is 0 Å². The third kappa shape index (κ3) is 3.53. The van der Waals surface area contributed by atoms with Gasteiger partial charge in [0, 0.05) is 38.2 Å². The van der Waals surface area contributed by atoms with Crippen LogP contribution in [-0.4, -0.2) is 36.0 Å². The van der Waals surface area contributed by atoms with Gasteiger partial charge in [-0.2, -0.15) is 0 Å². The monoisotopic (exact) mass is 583 g/mol. The second-order valence-corrected chi connectivity index (χ2v) is 12.4. The molecule has 0 unspecified atom stereocenters. The molecule has 2 aliphatic heterocycles. The Kier molecular flexibility index (Phi) is 5.96. The molecule has 2 heterocycles. The summed E-state index contributed by atoms with van der Waals surface area (Å²) in [6.45, 7) is 8.02. The Balaban J connectivity index is 1.72. The number of carbonyl (C=O) groups is 3. The first kappa shape index (κ1) is 25.8. The molecule has 1 spiro atoms. The van der Waals surface area contributed by atoms with Crippen molar-refractivity contribution in [1.29, 1.82) is 0 Å². The van der Waals surface area contributed by atoms with Crippen LogP contribution < -0.4 is 9.64 Å². The maximum absolute atomic E-state index is 14.7. The number of nitrogens with zero attached hydrogens (tertiary/aromatic N) is 1. The summed E-state index contributed by atoms with van der Waals surface area (Å²) in [5.74, 6) is -0.662. The van der Waals surface area contributed by atoms with E-state index in [4.69, 9.17) is 4.74 Å². The number of ether oxygens (including phenoxy) is 1. The van der Waals surface area contributed by atoms with Gasteiger partial charge >= 0.3 is 0 Å². The minimum Gasteiger partial charge on any atom is -0.494 e. The lowest BCUT2D eigenvalue weighted by molar-refractivity contribution is -0.127. The summed E-state index contributed by atoms with van der Waals surface area (Å²) >= 11 is 3.57. The van der Waals surface area contributed by atoms with Crippen molar-refractivity contribution in [2.45, 2.75) is 45.7 Å². The molecular formula is C33H30BrNO4. The fourth-order valence-corrected chi connectivity index (χ4v) is 7.14. The molecule has 0 radical (unpaired) electrons. The molecule has 3 aliphatic rings. The lowest BCUT2D eigenvalue weighted by Gasteiger charge is -2.38. The van der Waals surface area contributed by atoms with Crippen LogP contribution in [0.1, 0.15) is 65.5 Å². The van der Waals surface area contributed by atoms with Crippen LogP contribution in [-0.2, 0) is 4.79 Å². The molecule has 0 amide bonds. The number of fused-ring (bicyclic) bond motifs is 5. The van der Waals surface area contributed by atoms with Crippen molar-refractivity contribution in [3.8, 4) is 5.75 Å². The number of hydrogen-bond donors (Lipinski definition) is 0. The molecule has 3 atom stereocenters. The van der Waals surface area contributed by atoms with Crippen molar-refractivity contribution in [3.63, 3.8) is 0 Å². The third-order valence-corrected chi connectivity index (χ3v) is 8.82. The number of halogens is 1. The Hall–Kier alpha value is -3.51. The molecule has 0 aromatic heterocycles. The second-order valence-electron chi connectivity index (χ2n) is 11.5. The quantitative estimate of drug-likeness (QED) is 0.313. The van der Waals surface area contributed by atoms with Crippen molar-refractivity contribution in [3.05, 3.63) is 99.5 Å². The average Bonchev–Trinajstić information content (AvgIpc) is 3.34. The number of Topliss-reactive ketones (excluding diaryl/α,β-unsaturated/α-hetero) is 3. The molecule has 3 aromatic carbocycles. The normalized spacial score (nSPS) is 22.6. The fourth-order valence-electron chi connectivity index (χ4n) is 6.76. The molecule has 198 valence electrons. The Labute approximate surface area is 237 Å². The number of anilines is 1. The van der Waals surface area contributed by atoms with Crippen LogP contribution in [0.4, 0.5) is 5.69 Å². The van der Waals surface area contributed by atoms with Gasteiger partial charge in [-0.3, -0.25) is 14.4 Å². The number of hydrogen-bond acceptors (Lipinski definition) is 5. The average molecular weight is 585 g/mol. The number of ketones is 3. The smallest absolute Gasteiger partial charge is 0.180 e. The zero-order valence-corrected chi connectivity index (χ0v) is 24.0. The zero-order valence-electron chi connectivity index (χ0n) is 22.4. The molecule has 6 heteroatoms. The highest BCUT2D eigenvalue weighted by molar-refractivity contribution is 9.10. The van der Waals surface area contributed by atoms with Crippen molar-refractivity contribution in [2.24, 2.45) is 10.8 Å². The van der Waals surface area contributed by atoms with Crippen molar-refractivity contribution in [2.75, 3.05) is 11.5 Å². The molecule has 39 heavy (non-hydrogen) atoms. The number of para-hydroxylation sites is 1. The van der Waals surface area contributed by atoms with Gasteiger partial charge in [-0.15, -0.1) is 0 Å². The predicted molar refractivity (Wildman–Crippen MR) is 156 cm³/mol. The first-order chi connectivity index (χ1) is 18.6. The lowest BCUT2D eigenvalue weighted by atomic mass is 9.63.